The lowest BCUT2D eigenvalue weighted by Crippen LogP contribution is -2.18. The molecule has 0 N–H and O–H groups in total. The third-order valence-electron chi connectivity index (χ3n) is 3.48. The number of halogens is 1. The van der Waals surface area contributed by atoms with Crippen molar-refractivity contribution >= 4 is 0 Å². The number of rotatable bonds is 0. The molecular weight excluding hydrogens is 79.1 g/mol. The Morgan fingerprint density at radius 3 is 1.67 bits per heavy atom. The maximum Gasteiger partial charge on any atom is 0.125 e. The molecule has 0 heterocycles. The molecule has 0 aromatic rings. The zero-order chi connectivity index (χ0) is 3.73. The van der Waals surface area contributed by atoms with Crippen LogP contribution in [0.4, 0.5) is 4.39 Å². The molecule has 2 unspecified atom stereocenters. The predicted molar refractivity (Wildman–Crippen MR) is 16.7 cm³/mol. The first kappa shape index (κ1) is 1.81. The molecule has 0 nitrogen and oxygen atoms in total. The molecular formula is C5H3F. The summed E-state index contributed by atoms with van der Waals surface area (Å²) in [6.45, 7) is 0. The van der Waals surface area contributed by atoms with E-state index in [1.165, 1.54) is 0 Å². The second-order valence-electron chi connectivity index (χ2n) is 3.18. The van der Waals surface area contributed by atoms with E-state index in [4.69, 9.17) is 0 Å². The molecule has 0 saturated heterocycles. The Morgan fingerprint density at radius 1 is 1.33 bits per heavy atom. The first-order chi connectivity index (χ1) is 2.86. The number of alkyl halides is 1. The fraction of sp³-hybridized carbons (Fsp3) is 1.00. The van der Waals surface area contributed by atoms with E-state index >= 15 is 0 Å². The van der Waals surface area contributed by atoms with Gasteiger partial charge in [0.05, 0.1) is 0 Å². The van der Waals surface area contributed by atoms with Crippen LogP contribution in [-0.2, 0) is 0 Å². The maximum absolute atomic E-state index is 12.3. The van der Waals surface area contributed by atoms with Crippen molar-refractivity contribution in [1.82, 2.24) is 0 Å². The molecule has 0 aliphatic heterocycles. The van der Waals surface area contributed by atoms with E-state index in [-0.39, 0.29) is 0 Å². The summed E-state index contributed by atoms with van der Waals surface area (Å²) in [5.41, 5.74) is -0.0509. The van der Waals surface area contributed by atoms with Crippen molar-refractivity contribution in [3.05, 3.63) is 0 Å². The van der Waals surface area contributed by atoms with Gasteiger partial charge in [-0.25, -0.2) is 4.39 Å². The van der Waals surface area contributed by atoms with E-state index in [2.05, 4.69) is 0 Å². The molecule has 0 amide bonds. The van der Waals surface area contributed by atoms with Crippen LogP contribution in [-0.4, -0.2) is 5.67 Å². The van der Waals surface area contributed by atoms with E-state index in [0.717, 1.165) is 5.92 Å². The van der Waals surface area contributed by atoms with Crippen molar-refractivity contribution in [2.24, 2.45) is 23.2 Å². The lowest BCUT2D eigenvalue weighted by atomic mass is 9.98. The van der Waals surface area contributed by atoms with Gasteiger partial charge in [0.2, 0.25) is 0 Å². The van der Waals surface area contributed by atoms with Crippen molar-refractivity contribution in [3.8, 4) is 0 Å². The minimum Gasteiger partial charge on any atom is -0.243 e. The van der Waals surface area contributed by atoms with Gasteiger partial charge in [0, 0.05) is 17.3 Å². The number of hydrogen-bond donors (Lipinski definition) is 0. The standard InChI is InChI=1S/C5H3F/c6-5-2-1-3(5)4(1,2)5/h1-3H. The smallest absolute Gasteiger partial charge is 0.125 e. The van der Waals surface area contributed by atoms with Crippen LogP contribution in [0.15, 0.2) is 0 Å². The summed E-state index contributed by atoms with van der Waals surface area (Å²) in [7, 11) is 0. The molecule has 4 saturated carbocycles. The first-order valence-electron chi connectivity index (χ1n) is 2.55. The molecule has 4 aliphatic carbocycles. The highest BCUT2D eigenvalue weighted by molar-refractivity contribution is 5.77. The predicted octanol–water partition coefficient (Wildman–Crippen LogP) is 0.584. The molecule has 6 heavy (non-hydrogen) atoms. The maximum atomic E-state index is 12.3. The SMILES string of the molecule is FC12C3C4C1C432. The van der Waals surface area contributed by atoms with Gasteiger partial charge >= 0.3 is 0 Å². The summed E-state index contributed by atoms with van der Waals surface area (Å²) in [5, 5.41) is 0. The Labute approximate surface area is 34.3 Å². The average molecular weight is 82.1 g/mol. The topological polar surface area (TPSA) is 0 Å². The van der Waals surface area contributed by atoms with Crippen LogP contribution in [0.2, 0.25) is 0 Å². The molecule has 1 heteroatoms. The highest BCUT2D eigenvalue weighted by Gasteiger charge is 3.32. The zero-order valence-electron chi connectivity index (χ0n) is 3.11. The highest BCUT2D eigenvalue weighted by atomic mass is 19.2. The Hall–Kier alpha value is -0.0700. The minimum absolute atomic E-state index is 0.438. The van der Waals surface area contributed by atoms with Crippen LogP contribution >= 0.6 is 0 Å². The molecule has 4 rings (SSSR count). The molecule has 0 radical (unpaired) electrons. The lowest BCUT2D eigenvalue weighted by Gasteiger charge is -2.12. The summed E-state index contributed by atoms with van der Waals surface area (Å²) in [4.78, 5) is 0. The van der Waals surface area contributed by atoms with Gasteiger partial charge < -0.3 is 0 Å². The lowest BCUT2D eigenvalue weighted by molar-refractivity contribution is 0.176. The van der Waals surface area contributed by atoms with Crippen molar-refractivity contribution in [2.45, 2.75) is 5.67 Å². The molecule has 0 aromatic carbocycles. The summed E-state index contributed by atoms with van der Waals surface area (Å²) < 4.78 is 12.3. The van der Waals surface area contributed by atoms with E-state index < -0.39 is 5.67 Å². The summed E-state index contributed by atoms with van der Waals surface area (Å²) in [5.74, 6) is 2.22. The van der Waals surface area contributed by atoms with Crippen molar-refractivity contribution in [3.63, 3.8) is 0 Å². The Bertz CT molecular complexity index is 162. The van der Waals surface area contributed by atoms with Crippen LogP contribution in [0.5, 0.6) is 0 Å². The van der Waals surface area contributed by atoms with Gasteiger partial charge in [-0.05, 0) is 5.92 Å². The second kappa shape index (κ2) is 0.174. The molecule has 1 spiro atoms. The van der Waals surface area contributed by atoms with E-state index in [1.807, 2.05) is 0 Å². The first-order valence-corrected chi connectivity index (χ1v) is 2.55. The molecule has 30 valence electrons. The summed E-state index contributed by atoms with van der Waals surface area (Å²) in [6, 6.07) is 0. The third-order valence-corrected chi connectivity index (χ3v) is 3.48. The number of hydrogen-bond acceptors (Lipinski definition) is 0. The van der Waals surface area contributed by atoms with Crippen LogP contribution < -0.4 is 0 Å². The van der Waals surface area contributed by atoms with Gasteiger partial charge in [0.1, 0.15) is 5.67 Å². The Balaban J connectivity index is 2.38. The van der Waals surface area contributed by atoms with Crippen LogP contribution in [0.1, 0.15) is 0 Å². The van der Waals surface area contributed by atoms with E-state index in [1.54, 1.807) is 0 Å². The fourth-order valence-electron chi connectivity index (χ4n) is 2.77. The fourth-order valence-corrected chi connectivity index (χ4v) is 2.77. The van der Waals surface area contributed by atoms with Gasteiger partial charge in [-0.1, -0.05) is 0 Å². The van der Waals surface area contributed by atoms with Crippen molar-refractivity contribution in [1.29, 1.82) is 0 Å². The molecule has 0 aromatic heterocycles. The minimum atomic E-state index is -0.488. The third kappa shape index (κ3) is 0.0223. The average Bonchev–Trinajstić information content (AvgIpc) is 2.08. The van der Waals surface area contributed by atoms with Gasteiger partial charge in [0.25, 0.3) is 0 Å². The molecule has 2 atom stereocenters. The second-order valence-corrected chi connectivity index (χ2v) is 3.18. The Morgan fingerprint density at radius 2 is 1.67 bits per heavy atom. The van der Waals surface area contributed by atoms with Crippen molar-refractivity contribution in [2.75, 3.05) is 0 Å². The summed E-state index contributed by atoms with van der Waals surface area (Å²) in [6.07, 6.45) is 0. The van der Waals surface area contributed by atoms with E-state index in [9.17, 15) is 4.39 Å². The van der Waals surface area contributed by atoms with Gasteiger partial charge in [-0.15, -0.1) is 0 Å². The number of fused-ring (bicyclic) bond motifs is 4. The van der Waals surface area contributed by atoms with Gasteiger partial charge in [0.15, 0.2) is 0 Å². The molecule has 0 bridgehead atoms. The normalized spacial score (nSPS) is 118. The van der Waals surface area contributed by atoms with Crippen LogP contribution in [0.25, 0.3) is 0 Å². The summed E-state index contributed by atoms with van der Waals surface area (Å²) >= 11 is 0. The van der Waals surface area contributed by atoms with Gasteiger partial charge in [-0.3, -0.25) is 0 Å². The zero-order valence-corrected chi connectivity index (χ0v) is 3.11. The van der Waals surface area contributed by atoms with Crippen LogP contribution in [0, 0.1) is 23.2 Å². The quantitative estimate of drug-likeness (QED) is 0.401. The molecule has 4 fully saturated rings. The highest BCUT2D eigenvalue weighted by Crippen LogP contribution is 3.26. The van der Waals surface area contributed by atoms with Crippen molar-refractivity contribution < 1.29 is 4.39 Å². The monoisotopic (exact) mass is 82.0 g/mol. The van der Waals surface area contributed by atoms with E-state index in [0.29, 0.717) is 17.3 Å². The van der Waals surface area contributed by atoms with Crippen LogP contribution in [0.3, 0.4) is 0 Å². The van der Waals surface area contributed by atoms with Gasteiger partial charge in [-0.2, -0.15) is 0 Å². The largest absolute Gasteiger partial charge is 0.243 e. The molecule has 4 aliphatic rings. The Kier molecular flexibility index (Phi) is 0.0524.